The fraction of sp³-hybridized carbons (Fsp3) is 0.444. The topological polar surface area (TPSA) is 93.4 Å². The molecule has 0 bridgehead atoms. The van der Waals surface area contributed by atoms with Crippen molar-refractivity contribution in [1.29, 1.82) is 0 Å². The van der Waals surface area contributed by atoms with Crippen molar-refractivity contribution in [2.24, 2.45) is 11.7 Å². The van der Waals surface area contributed by atoms with Crippen LogP contribution in [0, 0.1) is 5.92 Å². The highest BCUT2D eigenvalue weighted by Crippen LogP contribution is 2.38. The lowest BCUT2D eigenvalue weighted by atomic mass is 9.76. The van der Waals surface area contributed by atoms with Gasteiger partial charge in [-0.3, -0.25) is 14.8 Å². The van der Waals surface area contributed by atoms with Crippen molar-refractivity contribution in [3.8, 4) is 0 Å². The Morgan fingerprint density at radius 3 is 2.88 bits per heavy atom. The first-order valence-corrected chi connectivity index (χ1v) is 12.2. The number of nitrogens with one attached hydrogen (secondary N) is 1. The molecule has 7 heteroatoms. The molecule has 5 rings (SSSR count). The summed E-state index contributed by atoms with van der Waals surface area (Å²) in [5, 5.41) is 4.07. The second kappa shape index (κ2) is 9.68. The predicted octanol–water partition coefficient (Wildman–Crippen LogP) is 4.34. The van der Waals surface area contributed by atoms with Crippen LogP contribution in [0.3, 0.4) is 0 Å². The fourth-order valence-electron chi connectivity index (χ4n) is 5.57. The number of morpholine rings is 1. The normalized spacial score (nSPS) is 25.3. The number of hydrogen-bond acceptors (Lipinski definition) is 6. The van der Waals surface area contributed by atoms with Gasteiger partial charge in [-0.25, -0.2) is 0 Å². The minimum absolute atomic E-state index is 0.173. The summed E-state index contributed by atoms with van der Waals surface area (Å²) in [4.78, 5) is 24.7. The second-order valence-corrected chi connectivity index (χ2v) is 9.87. The summed E-state index contributed by atoms with van der Waals surface area (Å²) in [5.74, 6) is 0.713. The van der Waals surface area contributed by atoms with Gasteiger partial charge in [0, 0.05) is 30.2 Å². The zero-order chi connectivity index (χ0) is 23.7. The molecule has 2 fully saturated rings. The molecule has 34 heavy (non-hydrogen) atoms. The Bertz CT molecular complexity index is 1170. The number of carbonyl (C=O) groups is 1. The summed E-state index contributed by atoms with van der Waals surface area (Å²) in [6.45, 7) is 6.65. The van der Waals surface area contributed by atoms with Crippen molar-refractivity contribution < 1.29 is 9.53 Å². The second-order valence-electron chi connectivity index (χ2n) is 9.87. The largest absolute Gasteiger partial charge is 0.377 e. The quantitative estimate of drug-likeness (QED) is 0.603. The molecule has 0 radical (unpaired) electrons. The first-order valence-electron chi connectivity index (χ1n) is 12.2. The average molecular weight is 460 g/mol. The van der Waals surface area contributed by atoms with E-state index >= 15 is 0 Å². The minimum Gasteiger partial charge on any atom is -0.377 e. The van der Waals surface area contributed by atoms with Gasteiger partial charge in [0.25, 0.3) is 5.91 Å². The molecule has 1 unspecified atom stereocenters. The van der Waals surface area contributed by atoms with E-state index < -0.39 is 0 Å². The number of aromatic nitrogens is 2. The van der Waals surface area contributed by atoms with Crippen LogP contribution >= 0.6 is 0 Å². The van der Waals surface area contributed by atoms with Crippen LogP contribution in [0.15, 0.2) is 48.9 Å². The van der Waals surface area contributed by atoms with Crippen molar-refractivity contribution in [2.45, 2.75) is 51.1 Å². The Kier molecular flexibility index (Phi) is 6.48. The van der Waals surface area contributed by atoms with E-state index in [1.807, 2.05) is 30.5 Å². The summed E-state index contributed by atoms with van der Waals surface area (Å²) in [7, 11) is 0. The number of benzene rings is 1. The standard InChI is InChI=1S/C27H33N5O2/c1-17-10-20(12-21(28)11-17)23-6-7-29-15-25(23)31-27(33)24-5-3-4-19-13-22(14-30-26(19)24)32-8-9-34-16-18(32)2/h3-7,13-15,17-18,20-21H,8-12,16,28H2,1-2H3,(H,31,33)/t17-,18?,20+,21-/m0/s1. The van der Waals surface area contributed by atoms with Gasteiger partial charge in [-0.2, -0.15) is 0 Å². The number of nitrogens with zero attached hydrogens (tertiary/aromatic N) is 3. The molecule has 1 amide bonds. The first kappa shape index (κ1) is 22.7. The van der Waals surface area contributed by atoms with Crippen LogP contribution in [0.4, 0.5) is 11.4 Å². The minimum atomic E-state index is -0.173. The molecular weight excluding hydrogens is 426 g/mol. The average Bonchev–Trinajstić information content (AvgIpc) is 2.83. The lowest BCUT2D eigenvalue weighted by molar-refractivity contribution is 0.0989. The van der Waals surface area contributed by atoms with Crippen molar-refractivity contribution in [1.82, 2.24) is 9.97 Å². The van der Waals surface area contributed by atoms with Crippen LogP contribution in [0.2, 0.25) is 0 Å². The molecule has 7 nitrogen and oxygen atoms in total. The molecular formula is C27H33N5O2. The van der Waals surface area contributed by atoms with Gasteiger partial charge in [0.1, 0.15) is 0 Å². The van der Waals surface area contributed by atoms with E-state index in [2.05, 4.69) is 35.1 Å². The van der Waals surface area contributed by atoms with Gasteiger partial charge in [-0.05, 0) is 61.8 Å². The molecule has 3 N–H and O–H groups in total. The third-order valence-corrected chi connectivity index (χ3v) is 7.16. The molecule has 3 aromatic rings. The number of carbonyl (C=O) groups excluding carboxylic acids is 1. The van der Waals surface area contributed by atoms with Crippen molar-refractivity contribution in [2.75, 3.05) is 30.0 Å². The zero-order valence-electron chi connectivity index (χ0n) is 19.9. The number of ether oxygens (including phenoxy) is 1. The molecule has 4 atom stereocenters. The fourth-order valence-corrected chi connectivity index (χ4v) is 5.57. The van der Waals surface area contributed by atoms with Crippen molar-refractivity contribution in [3.05, 3.63) is 60.0 Å². The predicted molar refractivity (Wildman–Crippen MR) is 135 cm³/mol. The first-order chi connectivity index (χ1) is 16.5. The van der Waals surface area contributed by atoms with Crippen LogP contribution in [-0.4, -0.2) is 47.7 Å². The smallest absolute Gasteiger partial charge is 0.257 e. The van der Waals surface area contributed by atoms with Crippen LogP contribution in [0.25, 0.3) is 10.9 Å². The molecule has 1 aromatic carbocycles. The van der Waals surface area contributed by atoms with Gasteiger partial charge in [0.05, 0.1) is 48.1 Å². The number of nitrogens with two attached hydrogens (primary N) is 1. The summed E-state index contributed by atoms with van der Waals surface area (Å²) in [5.41, 5.74) is 10.5. The van der Waals surface area contributed by atoms with Gasteiger partial charge in [-0.15, -0.1) is 0 Å². The Morgan fingerprint density at radius 1 is 1.18 bits per heavy atom. The zero-order valence-corrected chi connectivity index (χ0v) is 19.9. The van der Waals surface area contributed by atoms with Crippen molar-refractivity contribution >= 4 is 28.2 Å². The molecule has 2 aromatic heterocycles. The molecule has 1 saturated heterocycles. The number of rotatable bonds is 4. The van der Waals surface area contributed by atoms with E-state index in [1.165, 1.54) is 0 Å². The highest BCUT2D eigenvalue weighted by atomic mass is 16.5. The molecule has 3 heterocycles. The Balaban J connectivity index is 1.41. The number of fused-ring (bicyclic) bond motifs is 1. The number of hydrogen-bond donors (Lipinski definition) is 2. The number of pyridine rings is 2. The number of anilines is 2. The summed E-state index contributed by atoms with van der Waals surface area (Å²) in [6, 6.07) is 10.4. The van der Waals surface area contributed by atoms with E-state index in [1.54, 1.807) is 12.4 Å². The summed E-state index contributed by atoms with van der Waals surface area (Å²) >= 11 is 0. The maximum absolute atomic E-state index is 13.4. The van der Waals surface area contributed by atoms with Crippen molar-refractivity contribution in [3.63, 3.8) is 0 Å². The molecule has 178 valence electrons. The highest BCUT2D eigenvalue weighted by Gasteiger charge is 2.28. The van der Waals surface area contributed by atoms with Crippen LogP contribution in [-0.2, 0) is 4.74 Å². The van der Waals surface area contributed by atoms with Gasteiger partial charge < -0.3 is 20.7 Å². The SMILES string of the molecule is CC1COCCN1c1cnc2c(C(=O)Nc3cnccc3[C@@H]3C[C@H](C)C[C@H](N)C3)cccc2c1. The highest BCUT2D eigenvalue weighted by molar-refractivity contribution is 6.12. The van der Waals surface area contributed by atoms with Gasteiger partial charge >= 0.3 is 0 Å². The van der Waals surface area contributed by atoms with E-state index in [0.717, 1.165) is 48.1 Å². The van der Waals surface area contributed by atoms with E-state index in [-0.39, 0.29) is 11.9 Å². The van der Waals surface area contributed by atoms with E-state index in [4.69, 9.17) is 15.5 Å². The molecule has 2 aliphatic rings. The third-order valence-electron chi connectivity index (χ3n) is 7.16. The van der Waals surface area contributed by atoms with Gasteiger partial charge in [-0.1, -0.05) is 19.1 Å². The number of para-hydroxylation sites is 1. The Morgan fingerprint density at radius 2 is 2.06 bits per heavy atom. The lowest BCUT2D eigenvalue weighted by Crippen LogP contribution is -2.43. The Labute approximate surface area is 200 Å². The maximum atomic E-state index is 13.4. The monoisotopic (exact) mass is 459 g/mol. The third kappa shape index (κ3) is 4.63. The molecule has 0 spiro atoms. The van der Waals surface area contributed by atoms with Gasteiger partial charge in [0.15, 0.2) is 0 Å². The summed E-state index contributed by atoms with van der Waals surface area (Å²) < 4.78 is 5.57. The van der Waals surface area contributed by atoms with Crippen LogP contribution in [0.5, 0.6) is 0 Å². The molecule has 1 saturated carbocycles. The van der Waals surface area contributed by atoms with Crippen LogP contribution < -0.4 is 16.0 Å². The summed E-state index contributed by atoms with van der Waals surface area (Å²) in [6.07, 6.45) is 8.45. The molecule has 1 aliphatic heterocycles. The maximum Gasteiger partial charge on any atom is 0.257 e. The van der Waals surface area contributed by atoms with E-state index in [0.29, 0.717) is 42.2 Å². The van der Waals surface area contributed by atoms with Crippen LogP contribution in [0.1, 0.15) is 54.9 Å². The van der Waals surface area contributed by atoms with E-state index in [9.17, 15) is 4.79 Å². The van der Waals surface area contributed by atoms with Gasteiger partial charge in [0.2, 0.25) is 0 Å². The lowest BCUT2D eigenvalue weighted by Gasteiger charge is -2.35. The molecule has 1 aliphatic carbocycles. The Hall–Kier alpha value is -3.03. The number of amides is 1.